The zero-order valence-corrected chi connectivity index (χ0v) is 14.8. The minimum absolute atomic E-state index is 0.0117. The molecule has 0 saturated carbocycles. The van der Waals surface area contributed by atoms with Gasteiger partial charge < -0.3 is 15.1 Å². The number of halogens is 1. The van der Waals surface area contributed by atoms with Crippen molar-refractivity contribution in [2.45, 2.75) is 6.92 Å². The molecule has 0 aliphatic carbocycles. The highest BCUT2D eigenvalue weighted by molar-refractivity contribution is 6.04. The van der Waals surface area contributed by atoms with Crippen LogP contribution >= 0.6 is 0 Å². The van der Waals surface area contributed by atoms with Gasteiger partial charge in [0.1, 0.15) is 11.5 Å². The van der Waals surface area contributed by atoms with E-state index in [0.717, 1.165) is 0 Å². The molecule has 0 radical (unpaired) electrons. The van der Waals surface area contributed by atoms with Crippen LogP contribution < -0.4 is 5.32 Å². The highest BCUT2D eigenvalue weighted by atomic mass is 19.1. The first-order chi connectivity index (χ1) is 12.9. The summed E-state index contributed by atoms with van der Waals surface area (Å²) in [5.41, 5.74) is 0.706. The number of anilines is 1. The normalized spacial score (nSPS) is 14.0. The Labute approximate surface area is 155 Å². The highest BCUT2D eigenvalue weighted by Gasteiger charge is 2.24. The minimum atomic E-state index is -0.531. The average molecular weight is 370 g/mol. The van der Waals surface area contributed by atoms with Crippen LogP contribution in [0.25, 0.3) is 0 Å². The van der Waals surface area contributed by atoms with Gasteiger partial charge >= 0.3 is 0 Å². The molecule has 3 amide bonds. The Bertz CT molecular complexity index is 879. The summed E-state index contributed by atoms with van der Waals surface area (Å²) in [7, 11) is 0. The van der Waals surface area contributed by atoms with E-state index in [1.54, 1.807) is 21.9 Å². The maximum absolute atomic E-state index is 13.2. The Morgan fingerprint density at radius 3 is 2.41 bits per heavy atom. The summed E-state index contributed by atoms with van der Waals surface area (Å²) in [6, 6.07) is 8.47. The van der Waals surface area contributed by atoms with E-state index in [4.69, 9.17) is 0 Å². The second kappa shape index (κ2) is 7.94. The lowest BCUT2D eigenvalue weighted by Crippen LogP contribution is -2.50. The fourth-order valence-corrected chi connectivity index (χ4v) is 2.86. The van der Waals surface area contributed by atoms with E-state index in [9.17, 15) is 18.8 Å². The lowest BCUT2D eigenvalue weighted by molar-refractivity contribution is -0.130. The number of nitrogens with one attached hydrogen (secondary N) is 1. The molecule has 2 aromatic rings. The van der Waals surface area contributed by atoms with Gasteiger partial charge in [-0.1, -0.05) is 6.07 Å². The summed E-state index contributed by atoms with van der Waals surface area (Å²) < 4.78 is 13.2. The topological polar surface area (TPSA) is 82.6 Å². The molecule has 0 unspecified atom stereocenters. The average Bonchev–Trinajstić information content (AvgIpc) is 2.67. The number of amides is 3. The fraction of sp³-hybridized carbons (Fsp3) is 0.263. The number of rotatable bonds is 3. The van der Waals surface area contributed by atoms with Crippen LogP contribution in [0.1, 0.15) is 27.8 Å². The Morgan fingerprint density at radius 2 is 1.74 bits per heavy atom. The molecule has 1 N–H and O–H groups in total. The third-order valence-electron chi connectivity index (χ3n) is 4.33. The van der Waals surface area contributed by atoms with Crippen molar-refractivity contribution >= 4 is 23.4 Å². The van der Waals surface area contributed by atoms with E-state index >= 15 is 0 Å². The van der Waals surface area contributed by atoms with Gasteiger partial charge in [-0.05, 0) is 30.3 Å². The summed E-state index contributed by atoms with van der Waals surface area (Å²) in [6.07, 6.45) is 1.39. The Kier molecular flexibility index (Phi) is 5.44. The lowest BCUT2D eigenvalue weighted by atomic mass is 10.1. The van der Waals surface area contributed by atoms with Gasteiger partial charge in [-0.15, -0.1) is 0 Å². The Hall–Kier alpha value is -3.29. The molecule has 0 spiro atoms. The van der Waals surface area contributed by atoms with E-state index in [0.29, 0.717) is 37.4 Å². The number of hydrogen-bond acceptors (Lipinski definition) is 4. The van der Waals surface area contributed by atoms with Crippen molar-refractivity contribution in [3.8, 4) is 0 Å². The maximum Gasteiger partial charge on any atom is 0.274 e. The highest BCUT2D eigenvalue weighted by Crippen LogP contribution is 2.13. The van der Waals surface area contributed by atoms with Crippen LogP contribution in [0.15, 0.2) is 42.6 Å². The third-order valence-corrected chi connectivity index (χ3v) is 4.33. The van der Waals surface area contributed by atoms with Crippen LogP contribution in [-0.4, -0.2) is 58.7 Å². The van der Waals surface area contributed by atoms with Crippen molar-refractivity contribution in [3.05, 3.63) is 59.7 Å². The Balaban J connectivity index is 1.69. The number of piperazine rings is 1. The van der Waals surface area contributed by atoms with E-state index < -0.39 is 11.7 Å². The van der Waals surface area contributed by atoms with Gasteiger partial charge in [0.2, 0.25) is 5.91 Å². The first-order valence-electron chi connectivity index (χ1n) is 8.52. The van der Waals surface area contributed by atoms with Crippen LogP contribution in [-0.2, 0) is 4.79 Å². The van der Waals surface area contributed by atoms with Gasteiger partial charge in [0, 0.05) is 50.6 Å². The van der Waals surface area contributed by atoms with Gasteiger partial charge in [0.15, 0.2) is 0 Å². The van der Waals surface area contributed by atoms with Crippen LogP contribution in [0, 0.1) is 5.82 Å². The molecule has 1 aromatic heterocycles. The first-order valence-corrected chi connectivity index (χ1v) is 8.52. The van der Waals surface area contributed by atoms with Crippen LogP contribution in [0.2, 0.25) is 0 Å². The summed E-state index contributed by atoms with van der Waals surface area (Å²) in [4.78, 5) is 43.7. The largest absolute Gasteiger partial charge is 0.339 e. The number of hydrogen-bond donors (Lipinski definition) is 1. The van der Waals surface area contributed by atoms with Crippen LogP contribution in [0.5, 0.6) is 0 Å². The van der Waals surface area contributed by atoms with E-state index in [-0.39, 0.29) is 17.5 Å². The third kappa shape index (κ3) is 4.46. The Morgan fingerprint density at radius 1 is 1.04 bits per heavy atom. The summed E-state index contributed by atoms with van der Waals surface area (Å²) in [5.74, 6) is -1.23. The van der Waals surface area contributed by atoms with Crippen molar-refractivity contribution < 1.29 is 18.8 Å². The molecule has 1 aliphatic heterocycles. The van der Waals surface area contributed by atoms with Gasteiger partial charge in [0.25, 0.3) is 11.8 Å². The number of carbonyl (C=O) groups is 3. The second-order valence-corrected chi connectivity index (χ2v) is 6.19. The predicted octanol–water partition coefficient (Wildman–Crippen LogP) is 1.78. The van der Waals surface area contributed by atoms with Gasteiger partial charge in [-0.3, -0.25) is 19.4 Å². The van der Waals surface area contributed by atoms with Gasteiger partial charge in [0.05, 0.1) is 0 Å². The molecular formula is C19H19FN4O3. The summed E-state index contributed by atoms with van der Waals surface area (Å²) in [6.45, 7) is 3.35. The van der Waals surface area contributed by atoms with E-state index in [2.05, 4.69) is 10.3 Å². The maximum atomic E-state index is 13.2. The zero-order valence-electron chi connectivity index (χ0n) is 14.8. The molecule has 3 rings (SSSR count). The van der Waals surface area contributed by atoms with Crippen molar-refractivity contribution in [1.29, 1.82) is 0 Å². The predicted molar refractivity (Wildman–Crippen MR) is 96.7 cm³/mol. The van der Waals surface area contributed by atoms with Crippen LogP contribution in [0.4, 0.5) is 10.1 Å². The standard InChI is InChI=1S/C19H19FN4O3/c1-13(25)23-7-9-24(10-8-23)19(27)14-5-6-21-17(11-14)18(26)22-16-4-2-3-15(20)12-16/h2-6,11-12H,7-10H2,1H3,(H,22,26). The number of carbonyl (C=O) groups excluding carboxylic acids is 3. The number of aromatic nitrogens is 1. The van der Waals surface area contributed by atoms with Crippen molar-refractivity contribution in [1.82, 2.24) is 14.8 Å². The SMILES string of the molecule is CC(=O)N1CCN(C(=O)c2ccnc(C(=O)Nc3cccc(F)c3)c2)CC1. The molecule has 1 aliphatic rings. The van der Waals surface area contributed by atoms with E-state index in [1.165, 1.54) is 37.4 Å². The molecule has 1 saturated heterocycles. The number of pyridine rings is 1. The second-order valence-electron chi connectivity index (χ2n) is 6.19. The zero-order chi connectivity index (χ0) is 19.4. The molecule has 140 valence electrons. The molecule has 1 aromatic carbocycles. The fourth-order valence-electron chi connectivity index (χ4n) is 2.86. The molecule has 7 nitrogen and oxygen atoms in total. The number of nitrogens with zero attached hydrogens (tertiary/aromatic N) is 3. The molecule has 0 bridgehead atoms. The number of benzene rings is 1. The van der Waals surface area contributed by atoms with Crippen molar-refractivity contribution in [3.63, 3.8) is 0 Å². The molecule has 8 heteroatoms. The minimum Gasteiger partial charge on any atom is -0.339 e. The molecular weight excluding hydrogens is 351 g/mol. The molecule has 27 heavy (non-hydrogen) atoms. The quantitative estimate of drug-likeness (QED) is 0.893. The van der Waals surface area contributed by atoms with Crippen molar-refractivity contribution in [2.24, 2.45) is 0 Å². The lowest BCUT2D eigenvalue weighted by Gasteiger charge is -2.34. The molecule has 2 heterocycles. The summed E-state index contributed by atoms with van der Waals surface area (Å²) in [5, 5.41) is 2.55. The monoisotopic (exact) mass is 370 g/mol. The molecule has 0 atom stereocenters. The first kappa shape index (κ1) is 18.5. The van der Waals surface area contributed by atoms with Gasteiger partial charge in [-0.2, -0.15) is 0 Å². The summed E-state index contributed by atoms with van der Waals surface area (Å²) >= 11 is 0. The van der Waals surface area contributed by atoms with Gasteiger partial charge in [-0.25, -0.2) is 4.39 Å². The van der Waals surface area contributed by atoms with Crippen molar-refractivity contribution in [2.75, 3.05) is 31.5 Å². The smallest absolute Gasteiger partial charge is 0.274 e. The van der Waals surface area contributed by atoms with Crippen LogP contribution in [0.3, 0.4) is 0 Å². The molecule has 1 fully saturated rings. The van der Waals surface area contributed by atoms with E-state index in [1.807, 2.05) is 0 Å².